The number of ether oxygens (including phenoxy) is 1. The minimum Gasteiger partial charge on any atom is -0.481 e. The highest BCUT2D eigenvalue weighted by molar-refractivity contribution is 7.99. The summed E-state index contributed by atoms with van der Waals surface area (Å²) < 4.78 is 5.00. The summed E-state index contributed by atoms with van der Waals surface area (Å²) in [5.74, 6) is 1.16. The van der Waals surface area contributed by atoms with Gasteiger partial charge < -0.3 is 20.9 Å². The summed E-state index contributed by atoms with van der Waals surface area (Å²) in [4.78, 5) is 7.95. The third-order valence-electron chi connectivity index (χ3n) is 2.35. The van der Waals surface area contributed by atoms with Gasteiger partial charge in [-0.2, -0.15) is 21.7 Å². The van der Waals surface area contributed by atoms with Gasteiger partial charge in [0.15, 0.2) is 0 Å². The molecule has 2 atom stereocenters. The Morgan fingerprint density at radius 1 is 1.59 bits per heavy atom. The molecule has 0 radical (unpaired) electrons. The number of anilines is 2. The van der Waals surface area contributed by atoms with Gasteiger partial charge >= 0.3 is 0 Å². The Morgan fingerprint density at radius 2 is 2.29 bits per heavy atom. The fraction of sp³-hybridized carbons (Fsp3) is 0.600. The van der Waals surface area contributed by atoms with Crippen LogP contribution in [-0.4, -0.2) is 46.3 Å². The van der Waals surface area contributed by atoms with Gasteiger partial charge in [-0.1, -0.05) is 0 Å². The lowest BCUT2D eigenvalue weighted by Gasteiger charge is -2.21. The second-order valence-electron chi connectivity index (χ2n) is 3.54. The molecule has 0 saturated carbocycles. The molecule has 17 heavy (non-hydrogen) atoms. The number of thioether (sulfide) groups is 1. The molecule has 0 fully saturated rings. The molecule has 0 bridgehead atoms. The zero-order valence-corrected chi connectivity index (χ0v) is 11.0. The number of hydrogen-bond donors (Lipinski definition) is 3. The third-order valence-corrected chi connectivity index (χ3v) is 3.51. The van der Waals surface area contributed by atoms with Crippen LogP contribution in [0.5, 0.6) is 5.88 Å². The quantitative estimate of drug-likeness (QED) is 0.687. The molecule has 0 aromatic carbocycles. The van der Waals surface area contributed by atoms with Crippen molar-refractivity contribution in [3.05, 3.63) is 6.07 Å². The van der Waals surface area contributed by atoms with E-state index in [0.717, 1.165) is 0 Å². The van der Waals surface area contributed by atoms with Gasteiger partial charge in [-0.25, -0.2) is 0 Å². The molecule has 0 saturated heterocycles. The van der Waals surface area contributed by atoms with Crippen LogP contribution in [0.15, 0.2) is 6.07 Å². The monoisotopic (exact) mass is 258 g/mol. The van der Waals surface area contributed by atoms with E-state index < -0.39 is 0 Å². The van der Waals surface area contributed by atoms with Crippen LogP contribution in [0.4, 0.5) is 11.8 Å². The zero-order valence-electron chi connectivity index (χ0n) is 10.2. The van der Waals surface area contributed by atoms with Crippen LogP contribution in [0.1, 0.15) is 6.92 Å². The summed E-state index contributed by atoms with van der Waals surface area (Å²) in [6.45, 7) is 2.08. The molecule has 0 amide bonds. The number of aliphatic hydroxyl groups is 1. The Morgan fingerprint density at radius 3 is 2.82 bits per heavy atom. The standard InChI is InChI=1S/C10H18N4O2S/c1-6(7(5-15)17-3)12-8-4-9(16-2)14-10(11)13-8/h4,6-7,15H,5H2,1-3H3,(H3,11,12,13,14). The number of nitrogens with one attached hydrogen (secondary N) is 1. The Kier molecular flexibility index (Phi) is 5.30. The van der Waals surface area contributed by atoms with E-state index in [1.807, 2.05) is 13.2 Å². The van der Waals surface area contributed by atoms with Gasteiger partial charge in [0.1, 0.15) is 5.82 Å². The molecule has 0 aliphatic carbocycles. The van der Waals surface area contributed by atoms with Crippen LogP contribution in [0.3, 0.4) is 0 Å². The lowest BCUT2D eigenvalue weighted by atomic mass is 10.2. The number of nitrogens with zero attached hydrogens (tertiary/aromatic N) is 2. The highest BCUT2D eigenvalue weighted by Crippen LogP contribution is 2.18. The lowest BCUT2D eigenvalue weighted by molar-refractivity contribution is 0.288. The molecule has 7 heteroatoms. The fourth-order valence-electron chi connectivity index (χ4n) is 1.38. The maximum absolute atomic E-state index is 9.19. The summed E-state index contributed by atoms with van der Waals surface area (Å²) in [5.41, 5.74) is 5.56. The predicted octanol–water partition coefficient (Wildman–Crippen LogP) is 0.592. The number of nitrogens with two attached hydrogens (primary N) is 1. The Labute approximate surface area is 105 Å². The average molecular weight is 258 g/mol. The first-order valence-corrected chi connectivity index (χ1v) is 6.48. The molecule has 2 unspecified atom stereocenters. The van der Waals surface area contributed by atoms with Gasteiger partial charge in [-0.05, 0) is 13.2 Å². The molecule has 96 valence electrons. The molecular formula is C10H18N4O2S. The number of hydrogen-bond acceptors (Lipinski definition) is 7. The Balaban J connectivity index is 2.76. The van der Waals surface area contributed by atoms with Crippen molar-refractivity contribution in [3.8, 4) is 5.88 Å². The first kappa shape index (κ1) is 13.9. The topological polar surface area (TPSA) is 93.3 Å². The van der Waals surface area contributed by atoms with Crippen molar-refractivity contribution in [3.63, 3.8) is 0 Å². The number of rotatable bonds is 6. The van der Waals surface area contributed by atoms with E-state index in [0.29, 0.717) is 11.7 Å². The Bertz CT molecular complexity index is 360. The van der Waals surface area contributed by atoms with E-state index >= 15 is 0 Å². The maximum Gasteiger partial charge on any atom is 0.225 e. The van der Waals surface area contributed by atoms with E-state index in [1.54, 1.807) is 17.8 Å². The number of aliphatic hydroxyl groups excluding tert-OH is 1. The van der Waals surface area contributed by atoms with E-state index in [4.69, 9.17) is 10.5 Å². The smallest absolute Gasteiger partial charge is 0.225 e. The van der Waals surface area contributed by atoms with Gasteiger partial charge in [0.25, 0.3) is 0 Å². The molecule has 1 aromatic rings. The second-order valence-corrected chi connectivity index (χ2v) is 4.62. The van der Waals surface area contributed by atoms with Gasteiger partial charge in [-0.3, -0.25) is 0 Å². The van der Waals surface area contributed by atoms with Crippen molar-refractivity contribution in [1.29, 1.82) is 0 Å². The zero-order chi connectivity index (χ0) is 12.8. The number of aromatic nitrogens is 2. The van der Waals surface area contributed by atoms with Crippen LogP contribution < -0.4 is 15.8 Å². The minimum absolute atomic E-state index is 0.0639. The van der Waals surface area contributed by atoms with E-state index in [1.165, 1.54) is 7.11 Å². The summed E-state index contributed by atoms with van der Waals surface area (Å²) >= 11 is 1.59. The maximum atomic E-state index is 9.19. The Hall–Kier alpha value is -1.21. The molecule has 0 aliphatic heterocycles. The second kappa shape index (κ2) is 6.51. The van der Waals surface area contributed by atoms with Crippen LogP contribution in [0.25, 0.3) is 0 Å². The predicted molar refractivity (Wildman–Crippen MR) is 70.5 cm³/mol. The lowest BCUT2D eigenvalue weighted by Crippen LogP contribution is -2.31. The van der Waals surface area contributed by atoms with Gasteiger partial charge in [0.05, 0.1) is 13.7 Å². The fourth-order valence-corrected chi connectivity index (χ4v) is 2.01. The molecule has 0 spiro atoms. The number of nitrogen functional groups attached to an aromatic ring is 1. The van der Waals surface area contributed by atoms with E-state index in [9.17, 15) is 5.11 Å². The van der Waals surface area contributed by atoms with Crippen molar-refractivity contribution in [2.75, 3.05) is 31.0 Å². The van der Waals surface area contributed by atoms with Gasteiger partial charge in [0, 0.05) is 17.4 Å². The normalized spacial score (nSPS) is 14.1. The summed E-state index contributed by atoms with van der Waals surface area (Å²) in [6, 6.07) is 1.73. The van der Waals surface area contributed by atoms with Crippen molar-refractivity contribution >= 4 is 23.5 Å². The van der Waals surface area contributed by atoms with Crippen molar-refractivity contribution in [2.45, 2.75) is 18.2 Å². The number of methoxy groups -OCH3 is 1. The molecule has 1 heterocycles. The van der Waals surface area contributed by atoms with Gasteiger partial charge in [-0.15, -0.1) is 0 Å². The van der Waals surface area contributed by atoms with Crippen LogP contribution in [0.2, 0.25) is 0 Å². The van der Waals surface area contributed by atoms with E-state index in [-0.39, 0.29) is 23.8 Å². The first-order chi connectivity index (χ1) is 8.10. The summed E-state index contributed by atoms with van der Waals surface area (Å²) in [5, 5.41) is 12.4. The molecule has 0 aliphatic rings. The average Bonchev–Trinajstić information content (AvgIpc) is 2.29. The molecule has 4 N–H and O–H groups in total. The van der Waals surface area contributed by atoms with Crippen LogP contribution in [0, 0.1) is 0 Å². The van der Waals surface area contributed by atoms with Crippen LogP contribution >= 0.6 is 11.8 Å². The van der Waals surface area contributed by atoms with Gasteiger partial charge in [0.2, 0.25) is 11.8 Å². The molecule has 1 aromatic heterocycles. The van der Waals surface area contributed by atoms with Crippen molar-refractivity contribution in [2.24, 2.45) is 0 Å². The highest BCUT2D eigenvalue weighted by Gasteiger charge is 2.16. The van der Waals surface area contributed by atoms with Crippen molar-refractivity contribution in [1.82, 2.24) is 9.97 Å². The highest BCUT2D eigenvalue weighted by atomic mass is 32.2. The summed E-state index contributed by atoms with van der Waals surface area (Å²) in [7, 11) is 1.52. The van der Waals surface area contributed by atoms with Crippen LogP contribution in [-0.2, 0) is 0 Å². The molecule has 1 rings (SSSR count). The third kappa shape index (κ3) is 3.94. The SMILES string of the molecule is COc1cc(NC(C)C(CO)SC)nc(N)n1. The molecule has 6 nitrogen and oxygen atoms in total. The van der Waals surface area contributed by atoms with Crippen molar-refractivity contribution < 1.29 is 9.84 Å². The van der Waals surface area contributed by atoms with E-state index in [2.05, 4.69) is 15.3 Å². The first-order valence-electron chi connectivity index (χ1n) is 5.19. The minimum atomic E-state index is 0.0639. The molecular weight excluding hydrogens is 240 g/mol. The summed E-state index contributed by atoms with van der Waals surface area (Å²) in [6.07, 6.45) is 1.95. The largest absolute Gasteiger partial charge is 0.481 e.